The Morgan fingerprint density at radius 2 is 1.88 bits per heavy atom. The minimum absolute atomic E-state index is 0.0414. The third-order valence-electron chi connectivity index (χ3n) is 2.18. The SMILES string of the molecule is CC(C)(C)C(=O)N(CC#N)c1ccccc1. The third-order valence-corrected chi connectivity index (χ3v) is 2.18. The standard InChI is InChI=1S/C13H16N2O/c1-13(2,3)12(16)15(10-9-14)11-7-5-4-6-8-11/h4-8H,10H2,1-3H3. The van der Waals surface area contributed by atoms with E-state index in [1.54, 1.807) is 0 Å². The smallest absolute Gasteiger partial charge is 0.233 e. The van der Waals surface area contributed by atoms with E-state index in [1.165, 1.54) is 4.90 Å². The van der Waals surface area contributed by atoms with Gasteiger partial charge in [-0.1, -0.05) is 39.0 Å². The number of hydrogen-bond donors (Lipinski definition) is 0. The molecule has 0 atom stereocenters. The fraction of sp³-hybridized carbons (Fsp3) is 0.385. The van der Waals surface area contributed by atoms with Crippen LogP contribution in [0.5, 0.6) is 0 Å². The van der Waals surface area contributed by atoms with Crippen molar-refractivity contribution in [3.63, 3.8) is 0 Å². The second kappa shape index (κ2) is 4.80. The van der Waals surface area contributed by atoms with E-state index in [-0.39, 0.29) is 12.5 Å². The fourth-order valence-corrected chi connectivity index (χ4v) is 1.36. The van der Waals surface area contributed by atoms with Crippen molar-refractivity contribution < 1.29 is 4.79 Å². The zero-order valence-corrected chi connectivity index (χ0v) is 9.90. The molecule has 0 bridgehead atoms. The number of nitriles is 1. The zero-order valence-electron chi connectivity index (χ0n) is 9.90. The van der Waals surface area contributed by atoms with E-state index in [1.807, 2.05) is 57.2 Å². The number of carbonyl (C=O) groups is 1. The van der Waals surface area contributed by atoms with Crippen molar-refractivity contribution in [2.24, 2.45) is 5.41 Å². The molecule has 0 saturated heterocycles. The molecule has 3 nitrogen and oxygen atoms in total. The van der Waals surface area contributed by atoms with Crippen molar-refractivity contribution in [1.82, 2.24) is 0 Å². The van der Waals surface area contributed by atoms with Gasteiger partial charge in [0.15, 0.2) is 0 Å². The average Bonchev–Trinajstić information content (AvgIpc) is 2.25. The normalized spacial score (nSPS) is 10.6. The van der Waals surface area contributed by atoms with E-state index in [0.717, 1.165) is 5.69 Å². The van der Waals surface area contributed by atoms with E-state index in [9.17, 15) is 4.79 Å². The predicted molar refractivity (Wildman–Crippen MR) is 63.9 cm³/mol. The van der Waals surface area contributed by atoms with Gasteiger partial charge in [0.05, 0.1) is 6.07 Å². The Kier molecular flexibility index (Phi) is 3.68. The largest absolute Gasteiger partial charge is 0.298 e. The second-order valence-electron chi connectivity index (χ2n) is 4.63. The molecule has 84 valence electrons. The molecule has 16 heavy (non-hydrogen) atoms. The highest BCUT2D eigenvalue weighted by Gasteiger charge is 2.27. The number of anilines is 1. The Morgan fingerprint density at radius 3 is 2.31 bits per heavy atom. The van der Waals surface area contributed by atoms with Crippen LogP contribution in [0.15, 0.2) is 30.3 Å². The lowest BCUT2D eigenvalue weighted by molar-refractivity contribution is -0.125. The molecule has 0 N–H and O–H groups in total. The highest BCUT2D eigenvalue weighted by atomic mass is 16.2. The Bertz CT molecular complexity index is 398. The van der Waals surface area contributed by atoms with Crippen LogP contribution in [0.1, 0.15) is 20.8 Å². The van der Waals surface area contributed by atoms with Gasteiger partial charge in [-0.25, -0.2) is 0 Å². The Balaban J connectivity index is 3.02. The van der Waals surface area contributed by atoms with Gasteiger partial charge in [0.2, 0.25) is 5.91 Å². The van der Waals surface area contributed by atoms with Crippen LogP contribution in [-0.4, -0.2) is 12.5 Å². The van der Waals surface area contributed by atoms with Gasteiger partial charge in [0, 0.05) is 11.1 Å². The maximum absolute atomic E-state index is 12.1. The summed E-state index contributed by atoms with van der Waals surface area (Å²) >= 11 is 0. The van der Waals surface area contributed by atoms with E-state index in [4.69, 9.17) is 5.26 Å². The number of nitrogens with zero attached hydrogens (tertiary/aromatic N) is 2. The van der Waals surface area contributed by atoms with Gasteiger partial charge >= 0.3 is 0 Å². The van der Waals surface area contributed by atoms with Crippen molar-refractivity contribution >= 4 is 11.6 Å². The molecule has 0 spiro atoms. The molecule has 0 aliphatic carbocycles. The highest BCUT2D eigenvalue weighted by molar-refractivity contribution is 5.97. The van der Waals surface area contributed by atoms with Crippen LogP contribution in [-0.2, 0) is 4.79 Å². The average molecular weight is 216 g/mol. The van der Waals surface area contributed by atoms with Gasteiger partial charge in [0.25, 0.3) is 0 Å². The molecule has 3 heteroatoms. The third kappa shape index (κ3) is 2.83. The quantitative estimate of drug-likeness (QED) is 0.713. The molecule has 0 aliphatic heterocycles. The number of rotatable bonds is 2. The molecule has 0 heterocycles. The molecule has 1 aromatic rings. The van der Waals surface area contributed by atoms with E-state index in [0.29, 0.717) is 0 Å². The van der Waals surface area contributed by atoms with Gasteiger partial charge in [-0.15, -0.1) is 0 Å². The molecule has 0 aromatic heterocycles. The predicted octanol–water partition coefficient (Wildman–Crippen LogP) is 2.59. The topological polar surface area (TPSA) is 44.1 Å². The van der Waals surface area contributed by atoms with E-state index in [2.05, 4.69) is 0 Å². The molecule has 0 aliphatic rings. The second-order valence-corrected chi connectivity index (χ2v) is 4.63. The molecular formula is C13H16N2O. The van der Waals surface area contributed by atoms with Crippen molar-refractivity contribution in [2.75, 3.05) is 11.4 Å². The van der Waals surface area contributed by atoms with Gasteiger partial charge < -0.3 is 0 Å². The van der Waals surface area contributed by atoms with Crippen LogP contribution in [0.25, 0.3) is 0 Å². The van der Waals surface area contributed by atoms with Crippen LogP contribution in [0.2, 0.25) is 0 Å². The summed E-state index contributed by atoms with van der Waals surface area (Å²) in [5, 5.41) is 8.77. The highest BCUT2D eigenvalue weighted by Crippen LogP contribution is 2.22. The summed E-state index contributed by atoms with van der Waals surface area (Å²) in [6.07, 6.45) is 0. The lowest BCUT2D eigenvalue weighted by Gasteiger charge is -2.27. The summed E-state index contributed by atoms with van der Waals surface area (Å²) in [6.45, 7) is 5.63. The summed E-state index contributed by atoms with van der Waals surface area (Å²) in [6, 6.07) is 11.3. The number of benzene rings is 1. The van der Waals surface area contributed by atoms with Crippen LogP contribution in [0.3, 0.4) is 0 Å². The Hall–Kier alpha value is -1.82. The van der Waals surface area contributed by atoms with Gasteiger partial charge in [-0.3, -0.25) is 9.69 Å². The summed E-state index contributed by atoms with van der Waals surface area (Å²) in [5.74, 6) is -0.0414. The summed E-state index contributed by atoms with van der Waals surface area (Å²) in [5.41, 5.74) is 0.288. The monoisotopic (exact) mass is 216 g/mol. The number of amides is 1. The molecule has 1 rings (SSSR count). The van der Waals surface area contributed by atoms with Crippen molar-refractivity contribution in [2.45, 2.75) is 20.8 Å². The molecule has 1 aromatic carbocycles. The molecule has 0 saturated carbocycles. The Labute approximate surface area is 96.3 Å². The molecule has 0 fully saturated rings. The van der Waals surface area contributed by atoms with Gasteiger partial charge in [-0.2, -0.15) is 5.26 Å². The molecule has 1 amide bonds. The fourth-order valence-electron chi connectivity index (χ4n) is 1.36. The lowest BCUT2D eigenvalue weighted by Crippen LogP contribution is -2.39. The molecular weight excluding hydrogens is 200 g/mol. The van der Waals surface area contributed by atoms with Crippen LogP contribution in [0, 0.1) is 16.7 Å². The number of hydrogen-bond acceptors (Lipinski definition) is 2. The first-order chi connectivity index (χ1) is 7.46. The first kappa shape index (κ1) is 12.3. The van der Waals surface area contributed by atoms with Crippen LogP contribution >= 0.6 is 0 Å². The number of carbonyl (C=O) groups excluding carboxylic acids is 1. The van der Waals surface area contributed by atoms with E-state index >= 15 is 0 Å². The maximum atomic E-state index is 12.1. The Morgan fingerprint density at radius 1 is 1.31 bits per heavy atom. The van der Waals surface area contributed by atoms with Gasteiger partial charge in [0.1, 0.15) is 6.54 Å². The molecule has 0 unspecified atom stereocenters. The van der Waals surface area contributed by atoms with E-state index < -0.39 is 5.41 Å². The maximum Gasteiger partial charge on any atom is 0.233 e. The van der Waals surface area contributed by atoms with Crippen LogP contribution < -0.4 is 4.90 Å². The minimum Gasteiger partial charge on any atom is -0.298 e. The molecule has 0 radical (unpaired) electrons. The summed E-state index contributed by atoms with van der Waals surface area (Å²) in [7, 11) is 0. The van der Waals surface area contributed by atoms with Gasteiger partial charge in [-0.05, 0) is 12.1 Å². The minimum atomic E-state index is -0.479. The first-order valence-corrected chi connectivity index (χ1v) is 5.21. The summed E-state index contributed by atoms with van der Waals surface area (Å²) < 4.78 is 0. The van der Waals surface area contributed by atoms with Crippen molar-refractivity contribution in [1.29, 1.82) is 5.26 Å². The first-order valence-electron chi connectivity index (χ1n) is 5.21. The lowest BCUT2D eigenvalue weighted by atomic mass is 9.94. The van der Waals surface area contributed by atoms with Crippen molar-refractivity contribution in [3.05, 3.63) is 30.3 Å². The van der Waals surface area contributed by atoms with Crippen molar-refractivity contribution in [3.8, 4) is 6.07 Å². The summed E-state index contributed by atoms with van der Waals surface area (Å²) in [4.78, 5) is 13.6. The van der Waals surface area contributed by atoms with Crippen LogP contribution in [0.4, 0.5) is 5.69 Å². The number of para-hydroxylation sites is 1. The zero-order chi connectivity index (χ0) is 12.2.